The zero-order valence-corrected chi connectivity index (χ0v) is 15.1. The maximum Gasteiger partial charge on any atom is 0.256 e. The molecule has 2 aliphatic rings. The fourth-order valence-corrected chi connectivity index (χ4v) is 3.60. The van der Waals surface area contributed by atoms with E-state index in [-0.39, 0.29) is 5.91 Å². The van der Waals surface area contributed by atoms with Crippen LogP contribution in [0.5, 0.6) is 0 Å². The number of para-hydroxylation sites is 1. The van der Waals surface area contributed by atoms with E-state index >= 15 is 0 Å². The van der Waals surface area contributed by atoms with Gasteiger partial charge in [-0.15, -0.1) is 0 Å². The van der Waals surface area contributed by atoms with Crippen LogP contribution < -0.4 is 0 Å². The van der Waals surface area contributed by atoms with Crippen molar-refractivity contribution in [1.29, 1.82) is 0 Å². The number of rotatable bonds is 5. The van der Waals surface area contributed by atoms with E-state index in [9.17, 15) is 4.79 Å². The van der Waals surface area contributed by atoms with Gasteiger partial charge < -0.3 is 14.2 Å². The van der Waals surface area contributed by atoms with Gasteiger partial charge in [0.25, 0.3) is 5.91 Å². The number of pyridine rings is 1. The Balaban J connectivity index is 1.36. The van der Waals surface area contributed by atoms with Crippen LogP contribution in [0, 0.1) is 5.92 Å². The second-order valence-electron chi connectivity index (χ2n) is 7.35. The summed E-state index contributed by atoms with van der Waals surface area (Å²) in [6, 6.07) is 9.59. The summed E-state index contributed by atoms with van der Waals surface area (Å²) in [4.78, 5) is 19.4. The summed E-state index contributed by atoms with van der Waals surface area (Å²) in [7, 11) is 0. The summed E-state index contributed by atoms with van der Waals surface area (Å²) in [5.74, 6) is 1.58. The molecule has 6 heteroatoms. The van der Waals surface area contributed by atoms with E-state index in [0.29, 0.717) is 37.6 Å². The molecule has 0 bridgehead atoms. The fourth-order valence-electron chi connectivity index (χ4n) is 3.60. The Labute approximate surface area is 157 Å². The first kappa shape index (κ1) is 16.4. The maximum atomic E-state index is 13.2. The zero-order chi connectivity index (χ0) is 18.2. The molecule has 1 saturated carbocycles. The number of carbonyl (C=O) groups is 1. The van der Waals surface area contributed by atoms with Gasteiger partial charge >= 0.3 is 0 Å². The van der Waals surface area contributed by atoms with Gasteiger partial charge in [0.1, 0.15) is 11.5 Å². The molecule has 0 radical (unpaired) electrons. The van der Waals surface area contributed by atoms with Gasteiger partial charge in [-0.25, -0.2) is 0 Å². The first-order valence-electron chi connectivity index (χ1n) is 9.46. The van der Waals surface area contributed by atoms with Gasteiger partial charge in [-0.2, -0.15) is 0 Å². The monoisotopic (exact) mass is 363 g/mol. The largest absolute Gasteiger partial charge is 0.375 e. The molecule has 27 heavy (non-hydrogen) atoms. The lowest BCUT2D eigenvalue weighted by molar-refractivity contribution is 0.0727. The van der Waals surface area contributed by atoms with Crippen LogP contribution in [0.25, 0.3) is 10.9 Å². The second-order valence-corrected chi connectivity index (χ2v) is 7.35. The number of fused-ring (bicyclic) bond motifs is 2. The molecule has 1 amide bonds. The Morgan fingerprint density at radius 1 is 1.26 bits per heavy atom. The number of nitrogens with zero attached hydrogens (tertiary/aromatic N) is 3. The lowest BCUT2D eigenvalue weighted by Gasteiger charge is -2.26. The molecule has 1 aliphatic heterocycles. The maximum absolute atomic E-state index is 13.2. The van der Waals surface area contributed by atoms with E-state index < -0.39 is 0 Å². The second kappa shape index (κ2) is 6.78. The van der Waals surface area contributed by atoms with E-state index in [1.165, 1.54) is 12.8 Å². The van der Waals surface area contributed by atoms with Gasteiger partial charge in [-0.1, -0.05) is 23.4 Å². The predicted octanol–water partition coefficient (Wildman–Crippen LogP) is 3.35. The number of ether oxygens (including phenoxy) is 1. The average Bonchev–Trinajstić information content (AvgIpc) is 3.46. The first-order valence-corrected chi connectivity index (χ1v) is 9.46. The smallest absolute Gasteiger partial charge is 0.256 e. The Hall–Kier alpha value is -2.73. The van der Waals surface area contributed by atoms with Crippen LogP contribution in [0.3, 0.4) is 0 Å². The molecule has 138 valence electrons. The van der Waals surface area contributed by atoms with E-state index in [1.54, 1.807) is 6.20 Å². The number of hydrogen-bond acceptors (Lipinski definition) is 5. The van der Waals surface area contributed by atoms with Crippen LogP contribution in [0.2, 0.25) is 0 Å². The summed E-state index contributed by atoms with van der Waals surface area (Å²) < 4.78 is 11.3. The summed E-state index contributed by atoms with van der Waals surface area (Å²) in [6.07, 6.45) is 4.92. The minimum Gasteiger partial charge on any atom is -0.375 e. The highest BCUT2D eigenvalue weighted by atomic mass is 16.5. The summed E-state index contributed by atoms with van der Waals surface area (Å²) in [5, 5.41) is 5.15. The molecule has 2 aromatic heterocycles. The van der Waals surface area contributed by atoms with Crippen LogP contribution in [-0.4, -0.2) is 34.1 Å². The van der Waals surface area contributed by atoms with E-state index in [0.717, 1.165) is 34.5 Å². The molecule has 0 atom stereocenters. The average molecular weight is 363 g/mol. The molecule has 0 N–H and O–H groups in total. The lowest BCUT2D eigenvalue weighted by Crippen LogP contribution is -2.36. The summed E-state index contributed by atoms with van der Waals surface area (Å²) in [5.41, 5.74) is 3.20. The number of hydrogen-bond donors (Lipinski definition) is 0. The van der Waals surface area contributed by atoms with E-state index in [2.05, 4.69) is 10.1 Å². The van der Waals surface area contributed by atoms with Crippen molar-refractivity contribution in [3.05, 3.63) is 59.1 Å². The van der Waals surface area contributed by atoms with Crippen LogP contribution in [0.1, 0.15) is 40.2 Å². The van der Waals surface area contributed by atoms with Crippen molar-refractivity contribution >= 4 is 16.8 Å². The number of amides is 1. The highest BCUT2D eigenvalue weighted by molar-refractivity contribution is 6.05. The van der Waals surface area contributed by atoms with E-state index in [4.69, 9.17) is 9.26 Å². The van der Waals surface area contributed by atoms with Crippen LogP contribution >= 0.6 is 0 Å². The number of benzene rings is 1. The zero-order valence-electron chi connectivity index (χ0n) is 15.1. The molecule has 0 saturated heterocycles. The number of carbonyl (C=O) groups excluding carboxylic acids is 1. The highest BCUT2D eigenvalue weighted by Crippen LogP contribution is 2.30. The van der Waals surface area contributed by atoms with Gasteiger partial charge in [0.15, 0.2) is 0 Å². The quantitative estimate of drug-likeness (QED) is 0.695. The third-order valence-electron chi connectivity index (χ3n) is 5.35. The first-order chi connectivity index (χ1) is 13.3. The Kier molecular flexibility index (Phi) is 4.13. The van der Waals surface area contributed by atoms with Gasteiger partial charge in [-0.3, -0.25) is 9.78 Å². The van der Waals surface area contributed by atoms with Crippen molar-refractivity contribution in [2.24, 2.45) is 5.92 Å². The molecule has 1 aromatic carbocycles. The SMILES string of the molecule is O=C(c1cccc2cccnc12)N1CCc2onc(COCC3CC3)c2C1. The molecule has 5 rings (SSSR count). The Bertz CT molecular complexity index is 988. The fraction of sp³-hybridized carbons (Fsp3) is 0.381. The normalized spacial score (nSPS) is 16.5. The van der Waals surface area contributed by atoms with Crippen molar-refractivity contribution in [3.8, 4) is 0 Å². The third kappa shape index (κ3) is 3.21. The van der Waals surface area contributed by atoms with Crippen molar-refractivity contribution in [1.82, 2.24) is 15.0 Å². The van der Waals surface area contributed by atoms with Crippen molar-refractivity contribution < 1.29 is 14.1 Å². The molecular formula is C21H21N3O3. The molecule has 3 aromatic rings. The third-order valence-corrected chi connectivity index (χ3v) is 5.35. The number of aromatic nitrogens is 2. The van der Waals surface area contributed by atoms with Gasteiger partial charge in [0.05, 0.1) is 24.2 Å². The molecule has 3 heterocycles. The predicted molar refractivity (Wildman–Crippen MR) is 99.1 cm³/mol. The van der Waals surface area contributed by atoms with E-state index in [1.807, 2.05) is 35.2 Å². The molecule has 0 spiro atoms. The topological polar surface area (TPSA) is 68.5 Å². The molecule has 1 aliphatic carbocycles. The molecule has 1 fully saturated rings. The van der Waals surface area contributed by atoms with Gasteiger partial charge in [-0.05, 0) is 30.9 Å². The minimum absolute atomic E-state index is 0.00370. The molecule has 0 unspecified atom stereocenters. The highest BCUT2D eigenvalue weighted by Gasteiger charge is 2.29. The molecule has 6 nitrogen and oxygen atoms in total. The van der Waals surface area contributed by atoms with Crippen molar-refractivity contribution in [2.45, 2.75) is 32.4 Å². The van der Waals surface area contributed by atoms with Crippen molar-refractivity contribution in [2.75, 3.05) is 13.2 Å². The lowest BCUT2D eigenvalue weighted by atomic mass is 10.0. The van der Waals surface area contributed by atoms with Crippen LogP contribution in [0.15, 0.2) is 41.1 Å². The summed E-state index contributed by atoms with van der Waals surface area (Å²) in [6.45, 7) is 2.36. The Morgan fingerprint density at radius 3 is 3.04 bits per heavy atom. The summed E-state index contributed by atoms with van der Waals surface area (Å²) >= 11 is 0. The Morgan fingerprint density at radius 2 is 2.15 bits per heavy atom. The van der Waals surface area contributed by atoms with Gasteiger partial charge in [0.2, 0.25) is 0 Å². The van der Waals surface area contributed by atoms with Gasteiger partial charge in [0, 0.05) is 36.7 Å². The standard InChI is InChI=1S/C21H21N3O3/c25-21(16-5-1-3-15-4-2-9-22-20(15)16)24-10-8-19-17(11-24)18(23-27-19)13-26-12-14-6-7-14/h1-5,9,14H,6-8,10-13H2. The minimum atomic E-state index is -0.00370. The van der Waals surface area contributed by atoms with Crippen LogP contribution in [-0.2, 0) is 24.3 Å². The molecular weight excluding hydrogens is 342 g/mol. The van der Waals surface area contributed by atoms with Crippen LogP contribution in [0.4, 0.5) is 0 Å². The van der Waals surface area contributed by atoms with Crippen molar-refractivity contribution in [3.63, 3.8) is 0 Å².